The van der Waals surface area contributed by atoms with Gasteiger partial charge in [0, 0.05) is 32.6 Å². The van der Waals surface area contributed by atoms with Gasteiger partial charge >= 0.3 is 0 Å². The average Bonchev–Trinajstić information content (AvgIpc) is 3.13. The zero-order chi connectivity index (χ0) is 12.8. The Morgan fingerprint density at radius 3 is 2.68 bits per heavy atom. The number of nitrogens with zero attached hydrogens (tertiary/aromatic N) is 1. The molecule has 0 spiro atoms. The molecule has 0 aliphatic rings. The van der Waals surface area contributed by atoms with Crippen molar-refractivity contribution in [3.8, 4) is 9.75 Å². The third kappa shape index (κ3) is 1.58. The van der Waals surface area contributed by atoms with Crippen LogP contribution in [0.3, 0.4) is 0 Å². The van der Waals surface area contributed by atoms with Crippen molar-refractivity contribution in [2.24, 2.45) is 0 Å². The first-order chi connectivity index (χ1) is 9.38. The van der Waals surface area contributed by atoms with Crippen LogP contribution in [-0.4, -0.2) is 4.57 Å². The van der Waals surface area contributed by atoms with Gasteiger partial charge in [0.15, 0.2) is 0 Å². The summed E-state index contributed by atoms with van der Waals surface area (Å²) in [4.78, 5) is 4.15. The van der Waals surface area contributed by atoms with Crippen molar-refractivity contribution in [3.63, 3.8) is 0 Å². The van der Waals surface area contributed by atoms with E-state index in [0.717, 1.165) is 6.54 Å². The summed E-state index contributed by atoms with van der Waals surface area (Å²) in [7, 11) is 0. The smallest absolute Gasteiger partial charge is 0.104 e. The quantitative estimate of drug-likeness (QED) is 0.451. The predicted molar refractivity (Wildman–Crippen MR) is 86.3 cm³/mol. The molecule has 0 aliphatic heterocycles. The lowest BCUT2D eigenvalue weighted by Crippen LogP contribution is -1.90. The lowest BCUT2D eigenvalue weighted by molar-refractivity contribution is 0.832. The fourth-order valence-electron chi connectivity index (χ4n) is 2.68. The molecule has 3 heteroatoms. The van der Waals surface area contributed by atoms with Crippen LogP contribution in [0.5, 0.6) is 0 Å². The summed E-state index contributed by atoms with van der Waals surface area (Å²) in [6, 6.07) is 15.4. The topological polar surface area (TPSA) is 4.93 Å². The Balaban J connectivity index is 2.09. The van der Waals surface area contributed by atoms with Gasteiger partial charge in [-0.25, -0.2) is 0 Å². The molecular weight excluding hydrogens is 270 g/mol. The molecule has 4 aromatic rings. The molecule has 1 aromatic carbocycles. The van der Waals surface area contributed by atoms with Crippen LogP contribution < -0.4 is 0 Å². The third-order valence-electron chi connectivity index (χ3n) is 3.52. The lowest BCUT2D eigenvalue weighted by Gasteiger charge is -2.01. The van der Waals surface area contributed by atoms with E-state index < -0.39 is 0 Å². The molecule has 3 heterocycles. The minimum absolute atomic E-state index is 1.02. The number of para-hydroxylation sites is 1. The highest BCUT2D eigenvalue weighted by molar-refractivity contribution is 7.25. The highest BCUT2D eigenvalue weighted by Crippen LogP contribution is 2.40. The van der Waals surface area contributed by atoms with Crippen molar-refractivity contribution in [2.75, 3.05) is 0 Å². The van der Waals surface area contributed by atoms with Gasteiger partial charge in [-0.2, -0.15) is 0 Å². The van der Waals surface area contributed by atoms with Crippen LogP contribution in [0.25, 0.3) is 30.9 Å². The van der Waals surface area contributed by atoms with Crippen molar-refractivity contribution in [2.45, 2.75) is 13.5 Å². The van der Waals surface area contributed by atoms with Gasteiger partial charge in [0.05, 0.1) is 0 Å². The standard InChI is InChI=1S/C16H13NS2/c1-2-17-13-7-4-3-6-11(13)12-10-15(19-16(12)17)14-8-5-9-18-14/h3-10H,2H2,1H3. The molecule has 3 aromatic heterocycles. The van der Waals surface area contributed by atoms with Crippen LogP contribution >= 0.6 is 22.7 Å². The number of fused-ring (bicyclic) bond motifs is 3. The molecule has 0 aliphatic carbocycles. The molecule has 0 unspecified atom stereocenters. The largest absolute Gasteiger partial charge is 0.332 e. The summed E-state index contributed by atoms with van der Waals surface area (Å²) < 4.78 is 2.42. The van der Waals surface area contributed by atoms with E-state index in [1.807, 2.05) is 22.7 Å². The van der Waals surface area contributed by atoms with Crippen LogP contribution in [0.1, 0.15) is 6.92 Å². The maximum Gasteiger partial charge on any atom is 0.104 e. The maximum absolute atomic E-state index is 2.42. The Morgan fingerprint density at radius 2 is 1.89 bits per heavy atom. The van der Waals surface area contributed by atoms with E-state index >= 15 is 0 Å². The average molecular weight is 283 g/mol. The molecule has 0 bridgehead atoms. The first kappa shape index (κ1) is 11.3. The Morgan fingerprint density at radius 1 is 1.00 bits per heavy atom. The van der Waals surface area contributed by atoms with Crippen LogP contribution in [0, 0.1) is 0 Å². The van der Waals surface area contributed by atoms with Gasteiger partial charge in [-0.1, -0.05) is 24.3 Å². The second-order valence-electron chi connectivity index (χ2n) is 4.57. The van der Waals surface area contributed by atoms with Gasteiger partial charge in [-0.15, -0.1) is 22.7 Å². The summed E-state index contributed by atoms with van der Waals surface area (Å²) in [5.41, 5.74) is 1.35. The van der Waals surface area contributed by atoms with Crippen LogP contribution in [-0.2, 0) is 6.54 Å². The molecule has 94 valence electrons. The molecule has 0 N–H and O–H groups in total. The van der Waals surface area contributed by atoms with E-state index in [9.17, 15) is 0 Å². The summed E-state index contributed by atoms with van der Waals surface area (Å²) in [6.07, 6.45) is 0. The number of aryl methyl sites for hydroxylation is 1. The predicted octanol–water partition coefficient (Wildman–Crippen LogP) is 5.60. The Hall–Kier alpha value is -1.58. The van der Waals surface area contributed by atoms with Crippen molar-refractivity contribution in [3.05, 3.63) is 47.8 Å². The van der Waals surface area contributed by atoms with E-state index in [1.165, 1.54) is 30.9 Å². The summed E-state index contributed by atoms with van der Waals surface area (Å²) in [6.45, 7) is 3.24. The van der Waals surface area contributed by atoms with Crippen molar-refractivity contribution in [1.29, 1.82) is 0 Å². The van der Waals surface area contributed by atoms with Gasteiger partial charge in [-0.3, -0.25) is 0 Å². The third-order valence-corrected chi connectivity index (χ3v) is 5.75. The molecule has 1 nitrogen and oxygen atoms in total. The number of thiophene rings is 2. The van der Waals surface area contributed by atoms with E-state index in [1.54, 1.807) is 0 Å². The minimum atomic E-state index is 1.02. The second-order valence-corrected chi connectivity index (χ2v) is 6.55. The molecule has 0 fully saturated rings. The van der Waals surface area contributed by atoms with Crippen molar-refractivity contribution >= 4 is 43.8 Å². The molecule has 0 radical (unpaired) electrons. The van der Waals surface area contributed by atoms with Gasteiger partial charge < -0.3 is 4.57 Å². The summed E-state index contributed by atoms with van der Waals surface area (Å²) in [5.74, 6) is 0. The SMILES string of the molecule is CCn1c2ccccc2c2cc(-c3cccs3)sc21. The van der Waals surface area contributed by atoms with E-state index in [2.05, 4.69) is 59.3 Å². The highest BCUT2D eigenvalue weighted by atomic mass is 32.1. The summed E-state index contributed by atoms with van der Waals surface area (Å²) >= 11 is 3.72. The number of hydrogen-bond acceptors (Lipinski definition) is 2. The molecule has 0 amide bonds. The Bertz CT molecular complexity index is 850. The number of rotatable bonds is 2. The zero-order valence-electron chi connectivity index (χ0n) is 10.6. The maximum atomic E-state index is 2.42. The van der Waals surface area contributed by atoms with Crippen LogP contribution in [0.4, 0.5) is 0 Å². The normalized spacial score (nSPS) is 11.6. The Labute approximate surface area is 119 Å². The monoisotopic (exact) mass is 283 g/mol. The number of benzene rings is 1. The molecule has 0 saturated heterocycles. The number of hydrogen-bond donors (Lipinski definition) is 0. The van der Waals surface area contributed by atoms with Gasteiger partial charge in [0.1, 0.15) is 4.83 Å². The van der Waals surface area contributed by atoms with Crippen molar-refractivity contribution < 1.29 is 0 Å². The van der Waals surface area contributed by atoms with E-state index in [0.29, 0.717) is 0 Å². The van der Waals surface area contributed by atoms with E-state index in [4.69, 9.17) is 0 Å². The van der Waals surface area contributed by atoms with Crippen LogP contribution in [0.2, 0.25) is 0 Å². The number of aromatic nitrogens is 1. The Kier molecular flexibility index (Phi) is 2.50. The first-order valence-corrected chi connectivity index (χ1v) is 8.12. The lowest BCUT2D eigenvalue weighted by atomic mass is 10.2. The van der Waals surface area contributed by atoms with E-state index in [-0.39, 0.29) is 0 Å². The van der Waals surface area contributed by atoms with Crippen molar-refractivity contribution in [1.82, 2.24) is 4.57 Å². The molecule has 0 saturated carbocycles. The fraction of sp³-hybridized carbons (Fsp3) is 0.125. The fourth-order valence-corrected chi connectivity index (χ4v) is 4.75. The van der Waals surface area contributed by atoms with Crippen LogP contribution in [0.15, 0.2) is 47.8 Å². The van der Waals surface area contributed by atoms with Gasteiger partial charge in [0.25, 0.3) is 0 Å². The molecule has 19 heavy (non-hydrogen) atoms. The summed E-state index contributed by atoms with van der Waals surface area (Å²) in [5, 5.41) is 4.91. The molecule has 0 atom stereocenters. The first-order valence-electron chi connectivity index (χ1n) is 6.43. The highest BCUT2D eigenvalue weighted by Gasteiger charge is 2.13. The minimum Gasteiger partial charge on any atom is -0.332 e. The zero-order valence-corrected chi connectivity index (χ0v) is 12.2. The molecular formula is C16H13NS2. The van der Waals surface area contributed by atoms with Gasteiger partial charge in [0.2, 0.25) is 0 Å². The van der Waals surface area contributed by atoms with Gasteiger partial charge in [-0.05, 0) is 30.5 Å². The second kappa shape index (κ2) is 4.22. The molecule has 4 rings (SSSR count).